The van der Waals surface area contributed by atoms with Gasteiger partial charge in [-0.25, -0.2) is 4.39 Å². The van der Waals surface area contributed by atoms with E-state index in [1.807, 2.05) is 30.3 Å². The normalized spacial score (nSPS) is 12.5. The predicted molar refractivity (Wildman–Crippen MR) is 76.3 cm³/mol. The predicted octanol–water partition coefficient (Wildman–Crippen LogP) is 3.79. The van der Waals surface area contributed by atoms with Crippen LogP contribution in [0.5, 0.6) is 0 Å². The summed E-state index contributed by atoms with van der Waals surface area (Å²) in [6, 6.07) is 12.8. The van der Waals surface area contributed by atoms with Gasteiger partial charge in [-0.3, -0.25) is 0 Å². The summed E-state index contributed by atoms with van der Waals surface area (Å²) in [4.78, 5) is 0. The van der Waals surface area contributed by atoms with Crippen LogP contribution in [-0.4, -0.2) is 0 Å². The molecule has 3 heteroatoms. The minimum Gasteiger partial charge on any atom is -0.320 e. The second-order valence-corrected chi connectivity index (χ2v) is 5.29. The molecule has 0 radical (unpaired) electrons. The van der Waals surface area contributed by atoms with Gasteiger partial charge in [0.25, 0.3) is 0 Å². The summed E-state index contributed by atoms with van der Waals surface area (Å²) >= 11 is 2.24. The highest BCUT2D eigenvalue weighted by atomic mass is 127. The smallest absolute Gasteiger partial charge is 0.126 e. The molecule has 2 aromatic carbocycles. The van der Waals surface area contributed by atoms with Crippen molar-refractivity contribution in [2.45, 2.75) is 13.0 Å². The molecule has 0 aliphatic rings. The van der Waals surface area contributed by atoms with Crippen LogP contribution < -0.4 is 5.73 Å². The van der Waals surface area contributed by atoms with Gasteiger partial charge in [-0.2, -0.15) is 0 Å². The van der Waals surface area contributed by atoms with E-state index in [-0.39, 0.29) is 11.9 Å². The quantitative estimate of drug-likeness (QED) is 0.827. The zero-order chi connectivity index (χ0) is 12.4. The number of nitrogens with two attached hydrogens (primary N) is 1. The van der Waals surface area contributed by atoms with Crippen LogP contribution in [0.15, 0.2) is 42.5 Å². The van der Waals surface area contributed by atoms with Crippen LogP contribution in [0.25, 0.3) is 0 Å². The molecule has 0 amide bonds. The molecule has 0 aliphatic carbocycles. The highest BCUT2D eigenvalue weighted by Gasteiger charge is 2.10. The first-order valence-electron chi connectivity index (χ1n) is 5.35. The number of rotatable bonds is 2. The Morgan fingerprint density at radius 2 is 1.82 bits per heavy atom. The first-order chi connectivity index (χ1) is 8.08. The fourth-order valence-corrected chi connectivity index (χ4v) is 2.26. The van der Waals surface area contributed by atoms with Crippen LogP contribution in [0.2, 0.25) is 0 Å². The van der Waals surface area contributed by atoms with Crippen molar-refractivity contribution in [3.05, 3.63) is 68.5 Å². The number of benzene rings is 2. The third-order valence-corrected chi connectivity index (χ3v) is 3.43. The molecule has 0 saturated heterocycles. The molecular weight excluding hydrogens is 328 g/mol. The van der Waals surface area contributed by atoms with E-state index in [4.69, 9.17) is 5.73 Å². The summed E-state index contributed by atoms with van der Waals surface area (Å²) in [6.45, 7) is 1.75. The van der Waals surface area contributed by atoms with Crippen LogP contribution in [-0.2, 0) is 0 Å². The maximum atomic E-state index is 13.5. The minimum absolute atomic E-state index is 0.205. The molecule has 1 nitrogen and oxygen atoms in total. The first kappa shape index (κ1) is 12.5. The topological polar surface area (TPSA) is 26.0 Å². The Hall–Kier alpha value is -0.940. The van der Waals surface area contributed by atoms with Crippen LogP contribution in [0.4, 0.5) is 4.39 Å². The molecule has 88 valence electrons. The molecule has 0 aromatic heterocycles. The Balaban J connectivity index is 2.36. The number of halogens is 2. The molecule has 2 rings (SSSR count). The molecule has 0 spiro atoms. The van der Waals surface area contributed by atoms with E-state index in [0.29, 0.717) is 5.56 Å². The molecule has 17 heavy (non-hydrogen) atoms. The molecule has 2 aromatic rings. The zero-order valence-electron chi connectivity index (χ0n) is 9.45. The van der Waals surface area contributed by atoms with Crippen molar-refractivity contribution in [1.29, 1.82) is 0 Å². The van der Waals surface area contributed by atoms with Crippen molar-refractivity contribution < 1.29 is 4.39 Å². The molecule has 0 fully saturated rings. The largest absolute Gasteiger partial charge is 0.320 e. The third-order valence-electron chi connectivity index (χ3n) is 2.76. The Morgan fingerprint density at radius 3 is 2.47 bits per heavy atom. The van der Waals surface area contributed by atoms with Crippen LogP contribution in [0.1, 0.15) is 22.7 Å². The minimum atomic E-state index is -0.278. The molecule has 0 bridgehead atoms. The van der Waals surface area contributed by atoms with Crippen LogP contribution in [0.3, 0.4) is 0 Å². The monoisotopic (exact) mass is 341 g/mol. The van der Waals surface area contributed by atoms with Gasteiger partial charge in [-0.1, -0.05) is 24.3 Å². The summed E-state index contributed by atoms with van der Waals surface area (Å²) in [7, 11) is 0. The van der Waals surface area contributed by atoms with Crippen molar-refractivity contribution >= 4 is 22.6 Å². The Morgan fingerprint density at radius 1 is 1.12 bits per heavy atom. The van der Waals surface area contributed by atoms with E-state index in [9.17, 15) is 4.39 Å². The SMILES string of the molecule is Cc1ccc(C(N)c2cccc(I)c2)cc1F. The van der Waals surface area contributed by atoms with Gasteiger partial charge in [0.05, 0.1) is 6.04 Å². The molecule has 1 unspecified atom stereocenters. The second kappa shape index (κ2) is 5.14. The highest BCUT2D eigenvalue weighted by Crippen LogP contribution is 2.22. The van der Waals surface area contributed by atoms with E-state index < -0.39 is 0 Å². The van der Waals surface area contributed by atoms with Crippen molar-refractivity contribution in [3.8, 4) is 0 Å². The summed E-state index contributed by atoms with van der Waals surface area (Å²) in [5, 5.41) is 0. The fraction of sp³-hybridized carbons (Fsp3) is 0.143. The van der Waals surface area contributed by atoms with E-state index in [1.54, 1.807) is 13.0 Å². The summed E-state index contributed by atoms with van der Waals surface area (Å²) in [5.41, 5.74) is 8.58. The number of hydrogen-bond acceptors (Lipinski definition) is 1. The Bertz CT molecular complexity index is 539. The van der Waals surface area contributed by atoms with E-state index in [0.717, 1.165) is 14.7 Å². The molecule has 0 saturated carbocycles. The lowest BCUT2D eigenvalue weighted by molar-refractivity contribution is 0.614. The molecule has 1 atom stereocenters. The lowest BCUT2D eigenvalue weighted by atomic mass is 9.98. The molecule has 0 aliphatic heterocycles. The maximum absolute atomic E-state index is 13.5. The van der Waals surface area contributed by atoms with Gasteiger partial charge in [0.15, 0.2) is 0 Å². The average molecular weight is 341 g/mol. The first-order valence-corrected chi connectivity index (χ1v) is 6.43. The number of aryl methyl sites for hydroxylation is 1. The summed E-state index contributed by atoms with van der Waals surface area (Å²) in [6.07, 6.45) is 0. The van der Waals surface area contributed by atoms with Gasteiger partial charge in [-0.15, -0.1) is 0 Å². The zero-order valence-corrected chi connectivity index (χ0v) is 11.6. The van der Waals surface area contributed by atoms with Crippen LogP contribution in [0, 0.1) is 16.3 Å². The lowest BCUT2D eigenvalue weighted by Crippen LogP contribution is -2.12. The van der Waals surface area contributed by atoms with Crippen molar-refractivity contribution in [2.75, 3.05) is 0 Å². The van der Waals surface area contributed by atoms with Gasteiger partial charge in [0, 0.05) is 3.57 Å². The Labute approximate surface area is 114 Å². The Kier molecular flexibility index (Phi) is 3.79. The van der Waals surface area contributed by atoms with Crippen molar-refractivity contribution in [1.82, 2.24) is 0 Å². The third kappa shape index (κ3) is 2.84. The average Bonchev–Trinajstić information content (AvgIpc) is 2.32. The fourth-order valence-electron chi connectivity index (χ4n) is 1.70. The van der Waals surface area contributed by atoms with E-state index >= 15 is 0 Å². The summed E-state index contributed by atoms with van der Waals surface area (Å²) < 4.78 is 14.6. The van der Waals surface area contributed by atoms with E-state index in [1.165, 1.54) is 6.07 Å². The maximum Gasteiger partial charge on any atom is 0.126 e. The van der Waals surface area contributed by atoms with Gasteiger partial charge >= 0.3 is 0 Å². The van der Waals surface area contributed by atoms with Crippen LogP contribution >= 0.6 is 22.6 Å². The van der Waals surface area contributed by atoms with Gasteiger partial charge in [-0.05, 0) is 64.4 Å². The number of hydrogen-bond donors (Lipinski definition) is 1. The van der Waals surface area contributed by atoms with Gasteiger partial charge < -0.3 is 5.73 Å². The molecule has 2 N–H and O–H groups in total. The van der Waals surface area contributed by atoms with Gasteiger partial charge in [0.2, 0.25) is 0 Å². The highest BCUT2D eigenvalue weighted by molar-refractivity contribution is 14.1. The standard InChI is InChI=1S/C14H13FIN/c1-9-5-6-11(8-13(9)15)14(17)10-3-2-4-12(16)7-10/h2-8,14H,17H2,1H3. The van der Waals surface area contributed by atoms with E-state index in [2.05, 4.69) is 22.6 Å². The molecular formula is C14H13FIN. The van der Waals surface area contributed by atoms with Crippen molar-refractivity contribution in [2.24, 2.45) is 5.73 Å². The lowest BCUT2D eigenvalue weighted by Gasteiger charge is -2.13. The summed E-state index contributed by atoms with van der Waals surface area (Å²) in [5.74, 6) is -0.205. The second-order valence-electron chi connectivity index (χ2n) is 4.04. The molecule has 0 heterocycles. The van der Waals surface area contributed by atoms with Crippen molar-refractivity contribution in [3.63, 3.8) is 0 Å². The van der Waals surface area contributed by atoms with Gasteiger partial charge in [0.1, 0.15) is 5.82 Å².